The number of hydrogen-bond acceptors (Lipinski definition) is 3. The molecular formula is C11H14BrNO2S. The van der Waals surface area contributed by atoms with Gasteiger partial charge in [-0.2, -0.15) is 0 Å². The molecule has 1 fully saturated rings. The topological polar surface area (TPSA) is 46.2 Å². The van der Waals surface area contributed by atoms with Gasteiger partial charge >= 0.3 is 0 Å². The molecule has 1 saturated heterocycles. The Bertz CT molecular complexity index is 467. The van der Waals surface area contributed by atoms with E-state index in [4.69, 9.17) is 0 Å². The van der Waals surface area contributed by atoms with Crippen molar-refractivity contribution in [2.45, 2.75) is 17.4 Å². The molecule has 1 heterocycles. The minimum atomic E-state index is -3.01. The minimum Gasteiger partial charge on any atom is -0.315 e. The Hall–Kier alpha value is -0.390. The van der Waals surface area contributed by atoms with Gasteiger partial charge in [0.05, 0.1) is 11.0 Å². The monoisotopic (exact) mass is 303 g/mol. The van der Waals surface area contributed by atoms with Crippen LogP contribution in [0.3, 0.4) is 0 Å². The van der Waals surface area contributed by atoms with Crippen molar-refractivity contribution >= 4 is 25.8 Å². The Kier molecular flexibility index (Phi) is 3.66. The smallest absolute Gasteiger partial charge is 0.158 e. The Morgan fingerprint density at radius 2 is 2.25 bits per heavy atom. The van der Waals surface area contributed by atoms with Crippen molar-refractivity contribution < 1.29 is 8.42 Å². The van der Waals surface area contributed by atoms with Gasteiger partial charge in [-0.25, -0.2) is 8.42 Å². The van der Waals surface area contributed by atoms with E-state index in [0.717, 1.165) is 23.0 Å². The number of nitrogens with one attached hydrogen (secondary N) is 1. The number of hydrogen-bond donors (Lipinski definition) is 1. The molecule has 0 bridgehead atoms. The van der Waals surface area contributed by atoms with Crippen molar-refractivity contribution in [1.82, 2.24) is 5.32 Å². The van der Waals surface area contributed by atoms with Gasteiger partial charge in [-0.15, -0.1) is 0 Å². The molecule has 0 saturated carbocycles. The fraction of sp³-hybridized carbons (Fsp3) is 0.455. The van der Waals surface area contributed by atoms with E-state index in [0.29, 0.717) is 6.54 Å². The van der Waals surface area contributed by atoms with Gasteiger partial charge < -0.3 is 5.32 Å². The van der Waals surface area contributed by atoms with Crippen LogP contribution in [0.5, 0.6) is 0 Å². The number of benzene rings is 1. The first kappa shape index (κ1) is 12.1. The average molecular weight is 304 g/mol. The van der Waals surface area contributed by atoms with Crippen molar-refractivity contribution in [3.8, 4) is 0 Å². The molecule has 1 aromatic rings. The summed E-state index contributed by atoms with van der Waals surface area (Å²) in [6.45, 7) is 1.40. The van der Waals surface area contributed by atoms with E-state index in [9.17, 15) is 8.42 Å². The second kappa shape index (κ2) is 4.85. The lowest BCUT2D eigenvalue weighted by Crippen LogP contribution is -2.25. The predicted molar refractivity (Wildman–Crippen MR) is 68.0 cm³/mol. The lowest BCUT2D eigenvalue weighted by Gasteiger charge is -2.10. The van der Waals surface area contributed by atoms with Gasteiger partial charge in [-0.3, -0.25) is 0 Å². The normalized spacial score (nSPS) is 21.2. The van der Waals surface area contributed by atoms with Gasteiger partial charge in [-0.1, -0.05) is 28.1 Å². The van der Waals surface area contributed by atoms with E-state index >= 15 is 0 Å². The summed E-state index contributed by atoms with van der Waals surface area (Å²) in [5.41, 5.74) is 0.848. The van der Waals surface area contributed by atoms with Crippen molar-refractivity contribution in [2.24, 2.45) is 0 Å². The molecule has 1 aromatic carbocycles. The molecule has 2 rings (SSSR count). The average Bonchev–Trinajstić information content (AvgIpc) is 2.69. The standard InChI is InChI=1S/C11H14BrNO2S/c12-10-3-1-2-9(6-10)8-16(14,15)11-4-5-13-7-11/h1-3,6,11,13H,4-5,7-8H2. The molecule has 5 heteroatoms. The number of halogens is 1. The van der Waals surface area contributed by atoms with Crippen LogP contribution in [0.15, 0.2) is 28.7 Å². The summed E-state index contributed by atoms with van der Waals surface area (Å²) in [4.78, 5) is 0. The van der Waals surface area contributed by atoms with Crippen molar-refractivity contribution in [3.63, 3.8) is 0 Å². The molecule has 1 atom stereocenters. The van der Waals surface area contributed by atoms with Crippen LogP contribution in [0.25, 0.3) is 0 Å². The van der Waals surface area contributed by atoms with E-state index in [2.05, 4.69) is 21.2 Å². The third-order valence-electron chi connectivity index (χ3n) is 2.78. The molecule has 88 valence electrons. The van der Waals surface area contributed by atoms with Crippen LogP contribution in [-0.2, 0) is 15.6 Å². The molecule has 1 N–H and O–H groups in total. The zero-order valence-corrected chi connectivity index (χ0v) is 11.2. The zero-order chi connectivity index (χ0) is 11.6. The maximum absolute atomic E-state index is 12.1. The first-order valence-electron chi connectivity index (χ1n) is 5.25. The first-order valence-corrected chi connectivity index (χ1v) is 7.75. The molecule has 0 amide bonds. The third kappa shape index (κ3) is 2.84. The van der Waals surface area contributed by atoms with Gasteiger partial charge in [0.1, 0.15) is 0 Å². The van der Waals surface area contributed by atoms with Gasteiger partial charge in [-0.05, 0) is 30.7 Å². The molecule has 0 aliphatic carbocycles. The van der Waals surface area contributed by atoms with E-state index < -0.39 is 9.84 Å². The van der Waals surface area contributed by atoms with E-state index in [-0.39, 0.29) is 11.0 Å². The number of rotatable bonds is 3. The summed E-state index contributed by atoms with van der Waals surface area (Å²) in [6.07, 6.45) is 0.732. The summed E-state index contributed by atoms with van der Waals surface area (Å²) in [5, 5.41) is 2.87. The third-order valence-corrected chi connectivity index (χ3v) is 5.43. The van der Waals surface area contributed by atoms with E-state index in [1.165, 1.54) is 0 Å². The predicted octanol–water partition coefficient (Wildman–Crippen LogP) is 1.73. The van der Waals surface area contributed by atoms with Gasteiger partial charge in [0.2, 0.25) is 0 Å². The van der Waals surface area contributed by atoms with Crippen molar-refractivity contribution in [3.05, 3.63) is 34.3 Å². The van der Waals surface area contributed by atoms with Crippen LogP contribution in [0.1, 0.15) is 12.0 Å². The second-order valence-electron chi connectivity index (χ2n) is 4.05. The summed E-state index contributed by atoms with van der Waals surface area (Å²) in [5.74, 6) is 0.138. The van der Waals surface area contributed by atoms with Crippen LogP contribution in [0.4, 0.5) is 0 Å². The summed E-state index contributed by atoms with van der Waals surface area (Å²) in [6, 6.07) is 7.47. The van der Waals surface area contributed by atoms with Gasteiger partial charge in [0.25, 0.3) is 0 Å². The van der Waals surface area contributed by atoms with Crippen LogP contribution >= 0.6 is 15.9 Å². The van der Waals surface area contributed by atoms with Gasteiger partial charge in [0.15, 0.2) is 9.84 Å². The van der Waals surface area contributed by atoms with Crippen LogP contribution in [0.2, 0.25) is 0 Å². The molecule has 1 aliphatic rings. The SMILES string of the molecule is O=S(=O)(Cc1cccc(Br)c1)C1CCNC1. The van der Waals surface area contributed by atoms with E-state index in [1.807, 2.05) is 24.3 Å². The molecular weight excluding hydrogens is 290 g/mol. The Labute approximate surface area is 104 Å². The van der Waals surface area contributed by atoms with Crippen molar-refractivity contribution in [1.29, 1.82) is 0 Å². The Morgan fingerprint density at radius 1 is 1.44 bits per heavy atom. The maximum Gasteiger partial charge on any atom is 0.158 e. The molecule has 1 unspecified atom stereocenters. The largest absolute Gasteiger partial charge is 0.315 e. The van der Waals surface area contributed by atoms with Crippen LogP contribution in [-0.4, -0.2) is 26.8 Å². The van der Waals surface area contributed by atoms with Crippen molar-refractivity contribution in [2.75, 3.05) is 13.1 Å². The molecule has 0 aromatic heterocycles. The Balaban J connectivity index is 2.14. The highest BCUT2D eigenvalue weighted by Crippen LogP contribution is 2.18. The summed E-state index contributed by atoms with van der Waals surface area (Å²) in [7, 11) is -3.01. The molecule has 16 heavy (non-hydrogen) atoms. The highest BCUT2D eigenvalue weighted by atomic mass is 79.9. The lowest BCUT2D eigenvalue weighted by molar-refractivity contribution is 0.582. The fourth-order valence-electron chi connectivity index (χ4n) is 1.91. The molecule has 0 spiro atoms. The fourth-order valence-corrected chi connectivity index (χ4v) is 4.09. The summed E-state index contributed by atoms with van der Waals surface area (Å²) < 4.78 is 25.0. The zero-order valence-electron chi connectivity index (χ0n) is 8.82. The molecule has 0 radical (unpaired) electrons. The van der Waals surface area contributed by atoms with E-state index in [1.54, 1.807) is 0 Å². The second-order valence-corrected chi connectivity index (χ2v) is 7.25. The lowest BCUT2D eigenvalue weighted by atomic mass is 10.2. The minimum absolute atomic E-state index is 0.138. The number of sulfone groups is 1. The van der Waals surface area contributed by atoms with Crippen LogP contribution in [0, 0.1) is 0 Å². The van der Waals surface area contributed by atoms with Gasteiger partial charge in [0, 0.05) is 11.0 Å². The highest BCUT2D eigenvalue weighted by Gasteiger charge is 2.28. The Morgan fingerprint density at radius 3 is 2.88 bits per heavy atom. The first-order chi connectivity index (χ1) is 7.58. The molecule has 3 nitrogen and oxygen atoms in total. The maximum atomic E-state index is 12.1. The molecule has 1 aliphatic heterocycles. The van der Waals surface area contributed by atoms with Crippen LogP contribution < -0.4 is 5.32 Å². The quantitative estimate of drug-likeness (QED) is 0.925. The summed E-state index contributed by atoms with van der Waals surface area (Å²) >= 11 is 3.35. The highest BCUT2D eigenvalue weighted by molar-refractivity contribution is 9.10.